The van der Waals surface area contributed by atoms with Crippen molar-refractivity contribution in [1.29, 1.82) is 0 Å². The molecule has 1 amide bonds. The molecule has 0 aliphatic rings. The van der Waals surface area contributed by atoms with Gasteiger partial charge in [-0.25, -0.2) is 0 Å². The summed E-state index contributed by atoms with van der Waals surface area (Å²) in [7, 11) is 1.72. The first-order chi connectivity index (χ1) is 8.04. The van der Waals surface area contributed by atoms with Gasteiger partial charge >= 0.3 is 5.97 Å². The molecule has 6 nitrogen and oxygen atoms in total. The molecule has 0 saturated carbocycles. The summed E-state index contributed by atoms with van der Waals surface area (Å²) in [6.45, 7) is 2.51. The number of aromatic nitrogens is 2. The Balaban J connectivity index is 2.62. The van der Waals surface area contributed by atoms with Gasteiger partial charge in [-0.05, 0) is 12.5 Å². The first kappa shape index (κ1) is 13.2. The maximum Gasteiger partial charge on any atom is 0.325 e. The van der Waals surface area contributed by atoms with Gasteiger partial charge < -0.3 is 10.0 Å². The van der Waals surface area contributed by atoms with E-state index in [0.29, 0.717) is 6.54 Å². The fourth-order valence-corrected chi connectivity index (χ4v) is 1.39. The number of nitrogens with zero attached hydrogens (tertiary/aromatic N) is 3. The molecule has 0 unspecified atom stereocenters. The van der Waals surface area contributed by atoms with E-state index in [1.807, 2.05) is 0 Å². The maximum absolute atomic E-state index is 11.9. The number of carbonyl (C=O) groups is 2. The molecule has 6 heteroatoms. The summed E-state index contributed by atoms with van der Waals surface area (Å²) in [5.41, 5.74) is 0.282. The van der Waals surface area contributed by atoms with Crippen molar-refractivity contribution in [2.24, 2.45) is 0 Å². The van der Waals surface area contributed by atoms with Crippen LogP contribution in [0.1, 0.15) is 30.3 Å². The monoisotopic (exact) mass is 239 g/mol. The summed E-state index contributed by atoms with van der Waals surface area (Å²) in [5.74, 6) is -1.16. The molecular weight excluding hydrogens is 222 g/mol. The molecule has 1 N–H and O–H groups in total. The Labute approximate surface area is 99.8 Å². The first-order valence-electron chi connectivity index (χ1n) is 5.55. The molecule has 1 rings (SSSR count). The van der Waals surface area contributed by atoms with Gasteiger partial charge in [-0.3, -0.25) is 14.3 Å². The number of carboxylic acid groups (broad SMARTS) is 1. The van der Waals surface area contributed by atoms with Crippen molar-refractivity contribution in [3.05, 3.63) is 18.0 Å². The second kappa shape index (κ2) is 6.03. The highest BCUT2D eigenvalue weighted by atomic mass is 16.4. The van der Waals surface area contributed by atoms with Crippen LogP contribution in [-0.4, -0.2) is 45.3 Å². The van der Waals surface area contributed by atoms with Crippen molar-refractivity contribution >= 4 is 11.9 Å². The Kier molecular flexibility index (Phi) is 4.68. The fourth-order valence-electron chi connectivity index (χ4n) is 1.39. The Morgan fingerprint density at radius 3 is 2.82 bits per heavy atom. The van der Waals surface area contributed by atoms with Crippen LogP contribution in [-0.2, 0) is 11.3 Å². The lowest BCUT2D eigenvalue weighted by atomic mass is 10.3. The molecule has 0 saturated heterocycles. The van der Waals surface area contributed by atoms with Crippen molar-refractivity contribution < 1.29 is 14.7 Å². The molecule has 0 radical (unpaired) electrons. The molecule has 0 aliphatic carbocycles. The van der Waals surface area contributed by atoms with Crippen molar-refractivity contribution in [3.63, 3.8) is 0 Å². The van der Waals surface area contributed by atoms with E-state index in [1.165, 1.54) is 16.9 Å². The van der Waals surface area contributed by atoms with Gasteiger partial charge in [0.15, 0.2) is 0 Å². The van der Waals surface area contributed by atoms with Gasteiger partial charge in [0, 0.05) is 19.8 Å². The number of carboxylic acids is 1. The molecule has 17 heavy (non-hydrogen) atoms. The van der Waals surface area contributed by atoms with E-state index in [0.717, 1.165) is 12.8 Å². The van der Waals surface area contributed by atoms with Gasteiger partial charge in [0.05, 0.1) is 0 Å². The summed E-state index contributed by atoms with van der Waals surface area (Å²) in [6, 6.07) is 1.54. The summed E-state index contributed by atoms with van der Waals surface area (Å²) in [5, 5.41) is 12.5. The highest BCUT2D eigenvalue weighted by molar-refractivity contribution is 5.92. The van der Waals surface area contributed by atoms with E-state index in [4.69, 9.17) is 5.11 Å². The molecule has 0 spiro atoms. The third kappa shape index (κ3) is 3.90. The molecule has 0 aromatic carbocycles. The van der Waals surface area contributed by atoms with Crippen LogP contribution in [0.15, 0.2) is 12.3 Å². The minimum Gasteiger partial charge on any atom is -0.480 e. The van der Waals surface area contributed by atoms with Crippen LogP contribution in [0, 0.1) is 0 Å². The van der Waals surface area contributed by atoms with E-state index in [-0.39, 0.29) is 18.1 Å². The largest absolute Gasteiger partial charge is 0.480 e. The van der Waals surface area contributed by atoms with Gasteiger partial charge in [0.25, 0.3) is 5.91 Å². The number of carbonyl (C=O) groups excluding carboxylic acids is 1. The van der Waals surface area contributed by atoms with Gasteiger partial charge in [-0.15, -0.1) is 0 Å². The Hall–Kier alpha value is -1.85. The van der Waals surface area contributed by atoms with Crippen LogP contribution < -0.4 is 0 Å². The van der Waals surface area contributed by atoms with Crippen molar-refractivity contribution in [2.75, 3.05) is 13.6 Å². The molecule has 0 atom stereocenters. The Morgan fingerprint density at radius 2 is 2.24 bits per heavy atom. The highest BCUT2D eigenvalue weighted by Crippen LogP contribution is 2.02. The Bertz CT molecular complexity index is 400. The van der Waals surface area contributed by atoms with Gasteiger partial charge in [-0.2, -0.15) is 5.10 Å². The number of hydrogen-bond donors (Lipinski definition) is 1. The lowest BCUT2D eigenvalue weighted by Gasteiger charge is -2.14. The zero-order valence-corrected chi connectivity index (χ0v) is 10.1. The van der Waals surface area contributed by atoms with Crippen LogP contribution in [0.25, 0.3) is 0 Å². The average Bonchev–Trinajstić information content (AvgIpc) is 2.72. The van der Waals surface area contributed by atoms with Crippen molar-refractivity contribution in [3.8, 4) is 0 Å². The standard InChI is InChI=1S/C11H17N3O3/c1-3-4-6-13(2)11(17)9-5-7-14(12-9)8-10(15)16/h5,7H,3-4,6,8H2,1-2H3,(H,15,16). The van der Waals surface area contributed by atoms with Crippen LogP contribution in [0.3, 0.4) is 0 Å². The summed E-state index contributed by atoms with van der Waals surface area (Å²) in [4.78, 5) is 23.9. The molecule has 0 aliphatic heterocycles. The maximum atomic E-state index is 11.9. The van der Waals surface area contributed by atoms with E-state index in [9.17, 15) is 9.59 Å². The summed E-state index contributed by atoms with van der Waals surface area (Å²) >= 11 is 0. The number of amides is 1. The van der Waals surface area contributed by atoms with Gasteiger partial charge in [0.2, 0.25) is 0 Å². The van der Waals surface area contributed by atoms with E-state index < -0.39 is 5.97 Å². The third-order valence-corrected chi connectivity index (χ3v) is 2.35. The second-order valence-corrected chi connectivity index (χ2v) is 3.87. The number of hydrogen-bond acceptors (Lipinski definition) is 3. The number of aliphatic carboxylic acids is 1. The molecule has 0 fully saturated rings. The smallest absolute Gasteiger partial charge is 0.325 e. The minimum absolute atomic E-state index is 0.178. The predicted molar refractivity (Wildman–Crippen MR) is 61.7 cm³/mol. The average molecular weight is 239 g/mol. The number of rotatable bonds is 6. The lowest BCUT2D eigenvalue weighted by Crippen LogP contribution is -2.28. The predicted octanol–water partition coefficient (Wildman–Crippen LogP) is 0.840. The van der Waals surface area contributed by atoms with Crippen LogP contribution in [0.2, 0.25) is 0 Å². The Morgan fingerprint density at radius 1 is 1.53 bits per heavy atom. The summed E-state index contributed by atoms with van der Waals surface area (Å²) < 4.78 is 1.24. The van der Waals surface area contributed by atoms with E-state index >= 15 is 0 Å². The topological polar surface area (TPSA) is 75.4 Å². The minimum atomic E-state index is -0.980. The van der Waals surface area contributed by atoms with E-state index in [1.54, 1.807) is 11.9 Å². The molecular formula is C11H17N3O3. The van der Waals surface area contributed by atoms with Crippen LogP contribution >= 0.6 is 0 Å². The van der Waals surface area contributed by atoms with Crippen LogP contribution in [0.5, 0.6) is 0 Å². The zero-order valence-electron chi connectivity index (χ0n) is 10.1. The van der Waals surface area contributed by atoms with Gasteiger partial charge in [0.1, 0.15) is 12.2 Å². The SMILES string of the molecule is CCCCN(C)C(=O)c1ccn(CC(=O)O)n1. The normalized spacial score (nSPS) is 10.2. The molecule has 0 bridgehead atoms. The second-order valence-electron chi connectivity index (χ2n) is 3.87. The van der Waals surface area contributed by atoms with E-state index in [2.05, 4.69) is 12.0 Å². The third-order valence-electron chi connectivity index (χ3n) is 2.35. The molecule has 94 valence electrons. The molecule has 1 aromatic heterocycles. The quantitative estimate of drug-likeness (QED) is 0.798. The zero-order chi connectivity index (χ0) is 12.8. The van der Waals surface area contributed by atoms with Crippen molar-refractivity contribution in [2.45, 2.75) is 26.3 Å². The highest BCUT2D eigenvalue weighted by Gasteiger charge is 2.14. The van der Waals surface area contributed by atoms with Crippen molar-refractivity contribution in [1.82, 2.24) is 14.7 Å². The molecule has 1 heterocycles. The summed E-state index contributed by atoms with van der Waals surface area (Å²) in [6.07, 6.45) is 3.46. The fraction of sp³-hybridized carbons (Fsp3) is 0.545. The molecule has 1 aromatic rings. The number of unbranched alkanes of at least 4 members (excludes halogenated alkanes) is 1. The first-order valence-corrected chi connectivity index (χ1v) is 5.55. The van der Waals surface area contributed by atoms with Gasteiger partial charge in [-0.1, -0.05) is 13.3 Å². The van der Waals surface area contributed by atoms with Crippen LogP contribution in [0.4, 0.5) is 0 Å². The lowest BCUT2D eigenvalue weighted by molar-refractivity contribution is -0.137.